The predicted octanol–water partition coefficient (Wildman–Crippen LogP) is 1.78. The molecule has 1 saturated heterocycles. The molecule has 3 N–H and O–H groups in total. The molecule has 146 valence electrons. The highest BCUT2D eigenvalue weighted by atomic mass is 16.2. The monoisotopic (exact) mass is 374 g/mol. The second-order valence-electron chi connectivity index (χ2n) is 6.78. The van der Waals surface area contributed by atoms with Gasteiger partial charge in [0.15, 0.2) is 0 Å². The van der Waals surface area contributed by atoms with Gasteiger partial charge in [0.05, 0.1) is 0 Å². The highest BCUT2D eigenvalue weighted by Gasteiger charge is 2.51. The van der Waals surface area contributed by atoms with Crippen molar-refractivity contribution in [3.8, 4) is 0 Å². The Morgan fingerprint density at radius 2 is 1.81 bits per heavy atom. The van der Waals surface area contributed by atoms with E-state index in [0.717, 1.165) is 10.5 Å². The van der Waals surface area contributed by atoms with Gasteiger partial charge in [0.1, 0.15) is 12.1 Å². The summed E-state index contributed by atoms with van der Waals surface area (Å²) in [7, 11) is 0. The normalized spacial score (nSPS) is 20.2. The third kappa shape index (κ3) is 4.27. The standard InChI is InChI=1S/C19H26N4O4/c1-5-13(4)20-17(26)21-15(24)11-23-16(25)19(6-2,22-18(23)27)14-9-7-12(3)8-10-14/h7-10,13H,5-6,11H2,1-4H3,(H,22,27)(H2,20,21,24,26)/t13-,19+/m1/s1. The first-order valence-corrected chi connectivity index (χ1v) is 9.05. The van der Waals surface area contributed by atoms with E-state index in [1.54, 1.807) is 26.0 Å². The lowest BCUT2D eigenvalue weighted by Gasteiger charge is -2.25. The summed E-state index contributed by atoms with van der Waals surface area (Å²) in [6.45, 7) is 6.90. The van der Waals surface area contributed by atoms with Crippen molar-refractivity contribution in [3.63, 3.8) is 0 Å². The highest BCUT2D eigenvalue weighted by molar-refractivity contribution is 6.10. The largest absolute Gasteiger partial charge is 0.335 e. The molecule has 27 heavy (non-hydrogen) atoms. The number of nitrogens with one attached hydrogen (secondary N) is 3. The number of amides is 6. The van der Waals surface area contributed by atoms with Gasteiger partial charge < -0.3 is 10.6 Å². The minimum atomic E-state index is -1.20. The van der Waals surface area contributed by atoms with Crippen LogP contribution in [-0.4, -0.2) is 41.4 Å². The van der Waals surface area contributed by atoms with Crippen LogP contribution in [0.15, 0.2) is 24.3 Å². The summed E-state index contributed by atoms with van der Waals surface area (Å²) in [6, 6.07) is 5.91. The van der Waals surface area contributed by atoms with Gasteiger partial charge in [0.25, 0.3) is 5.91 Å². The molecule has 0 radical (unpaired) electrons. The number of imide groups is 2. The first-order chi connectivity index (χ1) is 12.7. The average Bonchev–Trinajstić information content (AvgIpc) is 2.87. The highest BCUT2D eigenvalue weighted by Crippen LogP contribution is 2.32. The van der Waals surface area contributed by atoms with Crippen LogP contribution >= 0.6 is 0 Å². The molecule has 1 aliphatic heterocycles. The molecule has 1 heterocycles. The minimum Gasteiger partial charge on any atom is -0.335 e. The van der Waals surface area contributed by atoms with Crippen molar-refractivity contribution in [2.24, 2.45) is 0 Å². The molecule has 6 amide bonds. The fraction of sp³-hybridized carbons (Fsp3) is 0.474. The Morgan fingerprint density at radius 3 is 2.37 bits per heavy atom. The first-order valence-electron chi connectivity index (χ1n) is 9.05. The molecule has 0 bridgehead atoms. The second-order valence-corrected chi connectivity index (χ2v) is 6.78. The van der Waals surface area contributed by atoms with Crippen LogP contribution in [0.3, 0.4) is 0 Å². The van der Waals surface area contributed by atoms with Gasteiger partial charge in [-0.15, -0.1) is 0 Å². The third-order valence-electron chi connectivity index (χ3n) is 4.79. The SMILES string of the molecule is CC[C@@H](C)NC(=O)NC(=O)CN1C(=O)N[C@@](CC)(c2ccc(C)cc2)C1=O. The first kappa shape index (κ1) is 20.4. The molecule has 0 unspecified atom stereocenters. The van der Waals surface area contributed by atoms with E-state index in [4.69, 9.17) is 0 Å². The van der Waals surface area contributed by atoms with E-state index in [2.05, 4.69) is 16.0 Å². The molecule has 1 aromatic carbocycles. The Morgan fingerprint density at radius 1 is 1.19 bits per heavy atom. The Kier molecular flexibility index (Phi) is 6.20. The lowest BCUT2D eigenvalue weighted by Crippen LogP contribution is -2.48. The van der Waals surface area contributed by atoms with Crippen LogP contribution in [0, 0.1) is 6.92 Å². The summed E-state index contributed by atoms with van der Waals surface area (Å²) in [4.78, 5) is 50.0. The topological polar surface area (TPSA) is 108 Å². The molecule has 1 aliphatic rings. The van der Waals surface area contributed by atoms with Crippen LogP contribution in [0.2, 0.25) is 0 Å². The van der Waals surface area contributed by atoms with Crippen LogP contribution < -0.4 is 16.0 Å². The lowest BCUT2D eigenvalue weighted by atomic mass is 9.87. The van der Waals surface area contributed by atoms with Gasteiger partial charge in [-0.2, -0.15) is 0 Å². The van der Waals surface area contributed by atoms with E-state index in [1.807, 2.05) is 26.0 Å². The zero-order valence-electron chi connectivity index (χ0n) is 16.1. The second kappa shape index (κ2) is 8.20. The van der Waals surface area contributed by atoms with Crippen molar-refractivity contribution >= 4 is 23.9 Å². The van der Waals surface area contributed by atoms with Crippen molar-refractivity contribution in [1.82, 2.24) is 20.9 Å². The van der Waals surface area contributed by atoms with Crippen molar-refractivity contribution in [3.05, 3.63) is 35.4 Å². The van der Waals surface area contributed by atoms with Crippen molar-refractivity contribution < 1.29 is 19.2 Å². The molecule has 1 fully saturated rings. The van der Waals surface area contributed by atoms with E-state index in [1.165, 1.54) is 0 Å². The number of nitrogens with zero attached hydrogens (tertiary/aromatic N) is 1. The van der Waals surface area contributed by atoms with Crippen LogP contribution in [0.1, 0.15) is 44.7 Å². The maximum absolute atomic E-state index is 13.0. The van der Waals surface area contributed by atoms with Crippen LogP contribution in [-0.2, 0) is 15.1 Å². The van der Waals surface area contributed by atoms with Gasteiger partial charge in [0.2, 0.25) is 5.91 Å². The zero-order chi connectivity index (χ0) is 20.2. The Balaban J connectivity index is 2.11. The van der Waals surface area contributed by atoms with Gasteiger partial charge in [-0.25, -0.2) is 9.59 Å². The summed E-state index contributed by atoms with van der Waals surface area (Å²) >= 11 is 0. The molecule has 0 aliphatic carbocycles. The predicted molar refractivity (Wildman–Crippen MR) is 99.8 cm³/mol. The number of carbonyl (C=O) groups excluding carboxylic acids is 4. The quantitative estimate of drug-likeness (QED) is 0.660. The van der Waals surface area contributed by atoms with E-state index >= 15 is 0 Å². The van der Waals surface area contributed by atoms with Crippen LogP contribution in [0.5, 0.6) is 0 Å². The molecular formula is C19H26N4O4. The summed E-state index contributed by atoms with van der Waals surface area (Å²) in [6.07, 6.45) is 1.05. The molecule has 2 atom stereocenters. The molecule has 0 spiro atoms. The summed E-state index contributed by atoms with van der Waals surface area (Å²) in [5, 5.41) is 7.44. The Bertz CT molecular complexity index is 747. The summed E-state index contributed by atoms with van der Waals surface area (Å²) in [5.74, 6) is -1.23. The minimum absolute atomic E-state index is 0.0937. The van der Waals surface area contributed by atoms with Crippen LogP contribution in [0.4, 0.5) is 9.59 Å². The van der Waals surface area contributed by atoms with E-state index in [-0.39, 0.29) is 6.04 Å². The molecule has 0 aromatic heterocycles. The van der Waals surface area contributed by atoms with Gasteiger partial charge in [0, 0.05) is 6.04 Å². The maximum Gasteiger partial charge on any atom is 0.325 e. The molecule has 2 rings (SSSR count). The van der Waals surface area contributed by atoms with Crippen molar-refractivity contribution in [1.29, 1.82) is 0 Å². The molecule has 0 saturated carbocycles. The average molecular weight is 374 g/mol. The fourth-order valence-corrected chi connectivity index (χ4v) is 2.92. The molecule has 8 nitrogen and oxygen atoms in total. The van der Waals surface area contributed by atoms with E-state index in [9.17, 15) is 19.2 Å². The number of aryl methyl sites for hydroxylation is 1. The molecule has 1 aromatic rings. The van der Waals surface area contributed by atoms with Gasteiger partial charge in [-0.05, 0) is 32.3 Å². The number of rotatable bonds is 6. The molecule has 8 heteroatoms. The van der Waals surface area contributed by atoms with Crippen molar-refractivity contribution in [2.75, 3.05) is 6.54 Å². The fourth-order valence-electron chi connectivity index (χ4n) is 2.92. The zero-order valence-corrected chi connectivity index (χ0v) is 16.1. The van der Waals surface area contributed by atoms with Crippen LogP contribution in [0.25, 0.3) is 0 Å². The maximum atomic E-state index is 13.0. The van der Waals surface area contributed by atoms with Crippen molar-refractivity contribution in [2.45, 2.75) is 52.1 Å². The summed E-state index contributed by atoms with van der Waals surface area (Å²) in [5.41, 5.74) is 0.487. The number of hydrogen-bond acceptors (Lipinski definition) is 4. The van der Waals surface area contributed by atoms with Gasteiger partial charge in [-0.3, -0.25) is 19.8 Å². The number of benzene rings is 1. The van der Waals surface area contributed by atoms with Gasteiger partial charge >= 0.3 is 12.1 Å². The Hall–Kier alpha value is -2.90. The number of hydrogen-bond donors (Lipinski definition) is 3. The lowest BCUT2D eigenvalue weighted by molar-refractivity contribution is -0.135. The summed E-state index contributed by atoms with van der Waals surface area (Å²) < 4.78 is 0. The smallest absolute Gasteiger partial charge is 0.325 e. The third-order valence-corrected chi connectivity index (χ3v) is 4.79. The number of urea groups is 2. The van der Waals surface area contributed by atoms with E-state index < -0.39 is 36.0 Å². The Labute approximate surface area is 158 Å². The van der Waals surface area contributed by atoms with Gasteiger partial charge in [-0.1, -0.05) is 43.7 Å². The van der Waals surface area contributed by atoms with E-state index in [0.29, 0.717) is 18.4 Å². The molecular weight excluding hydrogens is 348 g/mol. The number of carbonyl (C=O) groups is 4.